The molecule has 1 aromatic heterocycles. The zero-order valence-electron chi connectivity index (χ0n) is 11.7. The molecule has 0 aliphatic carbocycles. The van der Waals surface area contributed by atoms with Crippen LogP contribution in [-0.2, 0) is 21.3 Å². The van der Waals surface area contributed by atoms with Gasteiger partial charge in [-0.2, -0.15) is 0 Å². The molecule has 1 saturated heterocycles. The first-order valence-corrected chi connectivity index (χ1v) is 9.17. The third-order valence-corrected chi connectivity index (χ3v) is 6.69. The lowest BCUT2D eigenvalue weighted by atomic mass is 10.2. The minimum absolute atomic E-state index is 0.106. The van der Waals surface area contributed by atoms with Crippen molar-refractivity contribution in [1.29, 1.82) is 0 Å². The summed E-state index contributed by atoms with van der Waals surface area (Å²) < 4.78 is 34.7. The van der Waals surface area contributed by atoms with Gasteiger partial charge in [0.1, 0.15) is 4.90 Å². The third-order valence-electron chi connectivity index (χ3n) is 3.75. The molecule has 7 heteroatoms. The quantitative estimate of drug-likeness (QED) is 0.898. The predicted octanol–water partition coefficient (Wildman–Crippen LogP) is 1.82. The van der Waals surface area contributed by atoms with Gasteiger partial charge in [0, 0.05) is 28.1 Å². The van der Waals surface area contributed by atoms with E-state index in [-0.39, 0.29) is 18.7 Å². The zero-order chi connectivity index (χ0) is 15.0. The summed E-state index contributed by atoms with van der Waals surface area (Å²) in [5.41, 5.74) is 5.74. The molecule has 0 radical (unpaired) electrons. The van der Waals surface area contributed by atoms with E-state index in [1.54, 1.807) is 0 Å². The van der Waals surface area contributed by atoms with Crippen molar-refractivity contribution in [2.45, 2.75) is 36.9 Å². The van der Waals surface area contributed by atoms with Crippen LogP contribution in [0.2, 0.25) is 0 Å². The van der Waals surface area contributed by atoms with Crippen molar-refractivity contribution < 1.29 is 13.2 Å². The summed E-state index contributed by atoms with van der Waals surface area (Å²) in [6.07, 6.45) is 0.589. The summed E-state index contributed by atoms with van der Waals surface area (Å²) in [5.74, 6) is 0. The lowest BCUT2D eigenvalue weighted by molar-refractivity contribution is 0.117. The number of nitrogens with two attached hydrogens (primary N) is 1. The minimum atomic E-state index is -3.60. The number of ether oxygens (including phenoxy) is 1. The Balaban J connectivity index is 2.05. The molecule has 3 N–H and O–H groups in total. The lowest BCUT2D eigenvalue weighted by Gasteiger charge is -2.16. The Kier molecular flexibility index (Phi) is 4.02. The second kappa shape index (κ2) is 5.66. The molecule has 5 nitrogen and oxygen atoms in total. The highest BCUT2D eigenvalue weighted by atomic mass is 32.2. The van der Waals surface area contributed by atoms with E-state index in [1.165, 1.54) is 11.3 Å². The monoisotopic (exact) mass is 326 g/mol. The smallest absolute Gasteiger partial charge is 0.242 e. The first-order chi connectivity index (χ1) is 10.0. The first-order valence-electron chi connectivity index (χ1n) is 6.87. The van der Waals surface area contributed by atoms with Crippen molar-refractivity contribution in [1.82, 2.24) is 4.72 Å². The van der Waals surface area contributed by atoms with Crippen LogP contribution in [0.3, 0.4) is 0 Å². The number of sulfonamides is 1. The topological polar surface area (TPSA) is 81.4 Å². The Morgan fingerprint density at radius 3 is 2.86 bits per heavy atom. The molecule has 1 aliphatic rings. The molecule has 1 aliphatic heterocycles. The molecule has 114 valence electrons. The minimum Gasteiger partial charge on any atom is -0.377 e. The Bertz CT molecular complexity index is 755. The number of thiophene rings is 1. The molecule has 2 heterocycles. The molecule has 21 heavy (non-hydrogen) atoms. The predicted molar refractivity (Wildman–Crippen MR) is 83.9 cm³/mol. The molecular formula is C14H18N2O3S2. The van der Waals surface area contributed by atoms with Crippen LogP contribution in [0.25, 0.3) is 10.1 Å². The van der Waals surface area contributed by atoms with Crippen molar-refractivity contribution in [2.24, 2.45) is 5.73 Å². The van der Waals surface area contributed by atoms with Gasteiger partial charge in [-0.1, -0.05) is 18.2 Å². The fraction of sp³-hybridized carbons (Fsp3) is 0.429. The Hall–Kier alpha value is -0.990. The van der Waals surface area contributed by atoms with Crippen molar-refractivity contribution in [3.05, 3.63) is 29.1 Å². The maximum absolute atomic E-state index is 12.8. The number of hydrogen-bond acceptors (Lipinski definition) is 5. The van der Waals surface area contributed by atoms with Gasteiger partial charge < -0.3 is 10.5 Å². The second-order valence-electron chi connectivity index (χ2n) is 5.15. The van der Waals surface area contributed by atoms with E-state index in [2.05, 4.69) is 4.72 Å². The van der Waals surface area contributed by atoms with Crippen molar-refractivity contribution >= 4 is 31.4 Å². The maximum atomic E-state index is 12.8. The van der Waals surface area contributed by atoms with Gasteiger partial charge in [0.25, 0.3) is 0 Å². The van der Waals surface area contributed by atoms with E-state index >= 15 is 0 Å². The van der Waals surface area contributed by atoms with E-state index in [1.807, 2.05) is 31.2 Å². The van der Waals surface area contributed by atoms with Crippen LogP contribution in [0.1, 0.15) is 18.2 Å². The normalized spacial score (nSPS) is 23.0. The van der Waals surface area contributed by atoms with Crippen LogP contribution >= 0.6 is 11.3 Å². The fourth-order valence-corrected chi connectivity index (χ4v) is 5.82. The van der Waals surface area contributed by atoms with Crippen molar-refractivity contribution in [3.8, 4) is 0 Å². The van der Waals surface area contributed by atoms with Crippen LogP contribution in [0.5, 0.6) is 0 Å². The number of nitrogens with one attached hydrogen (secondary N) is 1. The van der Waals surface area contributed by atoms with Crippen LogP contribution in [0, 0.1) is 0 Å². The number of rotatable bonds is 4. The van der Waals surface area contributed by atoms with Gasteiger partial charge in [-0.15, -0.1) is 11.3 Å². The Morgan fingerprint density at radius 1 is 1.43 bits per heavy atom. The van der Waals surface area contributed by atoms with Gasteiger partial charge in [0.2, 0.25) is 10.0 Å². The van der Waals surface area contributed by atoms with E-state index in [0.717, 1.165) is 10.1 Å². The molecule has 0 spiro atoms. The number of fused-ring (bicyclic) bond motifs is 1. The van der Waals surface area contributed by atoms with Gasteiger partial charge in [-0.3, -0.25) is 0 Å². The molecule has 3 rings (SSSR count). The van der Waals surface area contributed by atoms with Crippen molar-refractivity contribution in [3.63, 3.8) is 0 Å². The van der Waals surface area contributed by atoms with Gasteiger partial charge in [-0.25, -0.2) is 13.1 Å². The lowest BCUT2D eigenvalue weighted by Crippen LogP contribution is -2.39. The summed E-state index contributed by atoms with van der Waals surface area (Å²) in [7, 11) is -3.60. The summed E-state index contributed by atoms with van der Waals surface area (Å²) in [4.78, 5) is 1.01. The Labute approximate surface area is 128 Å². The van der Waals surface area contributed by atoms with Gasteiger partial charge in [0.15, 0.2) is 0 Å². The van der Waals surface area contributed by atoms with Gasteiger partial charge in [0.05, 0.1) is 12.1 Å². The van der Waals surface area contributed by atoms with Crippen LogP contribution in [0.15, 0.2) is 29.2 Å². The standard InChI is InChI=1S/C14H18N2O3S2/c1-9-11(6-7-19-9)16-21(17,18)14-10-4-2-3-5-12(10)20-13(14)8-15/h2-5,9,11,16H,6-8,15H2,1H3. The molecule has 1 fully saturated rings. The molecular weight excluding hydrogens is 308 g/mol. The van der Waals surface area contributed by atoms with E-state index < -0.39 is 10.0 Å². The van der Waals surface area contributed by atoms with Gasteiger partial charge in [-0.05, 0) is 19.4 Å². The van der Waals surface area contributed by atoms with Crippen LogP contribution in [-0.4, -0.2) is 27.2 Å². The molecule has 0 amide bonds. The molecule has 2 unspecified atom stereocenters. The molecule has 0 saturated carbocycles. The van der Waals surface area contributed by atoms with E-state index in [0.29, 0.717) is 22.8 Å². The van der Waals surface area contributed by atoms with Gasteiger partial charge >= 0.3 is 0 Å². The fourth-order valence-electron chi connectivity index (χ4n) is 2.65. The zero-order valence-corrected chi connectivity index (χ0v) is 13.3. The average molecular weight is 326 g/mol. The summed E-state index contributed by atoms with van der Waals surface area (Å²) in [6.45, 7) is 2.69. The molecule has 0 bridgehead atoms. The largest absolute Gasteiger partial charge is 0.377 e. The molecule has 2 atom stereocenters. The third kappa shape index (κ3) is 2.72. The Morgan fingerprint density at radius 2 is 2.19 bits per heavy atom. The number of hydrogen-bond donors (Lipinski definition) is 2. The van der Waals surface area contributed by atoms with Crippen LogP contribution in [0.4, 0.5) is 0 Å². The second-order valence-corrected chi connectivity index (χ2v) is 7.93. The van der Waals surface area contributed by atoms with Crippen molar-refractivity contribution in [2.75, 3.05) is 6.61 Å². The van der Waals surface area contributed by atoms with E-state index in [4.69, 9.17) is 10.5 Å². The highest BCUT2D eigenvalue weighted by Gasteiger charge is 2.31. The molecule has 2 aromatic rings. The summed E-state index contributed by atoms with van der Waals surface area (Å²) in [5, 5.41) is 0.738. The van der Waals surface area contributed by atoms with Crippen LogP contribution < -0.4 is 10.5 Å². The summed E-state index contributed by atoms with van der Waals surface area (Å²) in [6, 6.07) is 7.30. The molecule has 1 aromatic carbocycles. The average Bonchev–Trinajstić information content (AvgIpc) is 3.02. The summed E-state index contributed by atoms with van der Waals surface area (Å²) >= 11 is 1.43. The highest BCUT2D eigenvalue weighted by molar-refractivity contribution is 7.90. The number of benzene rings is 1. The maximum Gasteiger partial charge on any atom is 0.242 e. The first kappa shape index (κ1) is 14.9. The van der Waals surface area contributed by atoms with E-state index in [9.17, 15) is 8.42 Å². The SMILES string of the molecule is CC1OCCC1NS(=O)(=O)c1c(CN)sc2ccccc12. The highest BCUT2D eigenvalue weighted by Crippen LogP contribution is 2.34.